The number of aryl methyl sites for hydroxylation is 1. The third-order valence-corrected chi connectivity index (χ3v) is 8.39. The molecule has 9 heteroatoms. The van der Waals surface area contributed by atoms with Gasteiger partial charge in [0.05, 0.1) is 29.9 Å². The topological polar surface area (TPSA) is 83.3 Å². The van der Waals surface area contributed by atoms with Gasteiger partial charge in [0.2, 0.25) is 5.95 Å². The van der Waals surface area contributed by atoms with Gasteiger partial charge in [0.25, 0.3) is 0 Å². The lowest BCUT2D eigenvalue weighted by molar-refractivity contribution is 0.269. The summed E-state index contributed by atoms with van der Waals surface area (Å²) in [6.45, 7) is 4.89. The maximum Gasteiger partial charge on any atom is 0.227 e. The summed E-state index contributed by atoms with van der Waals surface area (Å²) in [7, 11) is 1.64. The van der Waals surface area contributed by atoms with Crippen molar-refractivity contribution in [2.45, 2.75) is 13.3 Å². The van der Waals surface area contributed by atoms with Crippen molar-refractivity contribution in [1.29, 1.82) is 5.26 Å². The van der Waals surface area contributed by atoms with Crippen LogP contribution in [0.4, 0.5) is 11.6 Å². The Morgan fingerprint density at radius 1 is 1.13 bits per heavy atom. The van der Waals surface area contributed by atoms with Crippen LogP contribution in [0.2, 0.25) is 0 Å². The number of anilines is 2. The first-order valence-corrected chi connectivity index (χ1v) is 14.4. The van der Waals surface area contributed by atoms with E-state index in [9.17, 15) is 5.26 Å². The van der Waals surface area contributed by atoms with Crippen molar-refractivity contribution in [3.8, 4) is 39.3 Å². The van der Waals surface area contributed by atoms with Crippen LogP contribution in [0, 0.1) is 18.3 Å². The van der Waals surface area contributed by atoms with E-state index >= 15 is 0 Å². The number of thioether (sulfide) groups is 1. The predicted octanol–water partition coefficient (Wildman–Crippen LogP) is 6.58. The molecule has 1 N–H and O–H groups in total. The molecule has 1 aliphatic heterocycles. The first-order chi connectivity index (χ1) is 18.6. The van der Waals surface area contributed by atoms with Crippen LogP contribution >= 0.6 is 23.1 Å². The number of nitrogens with zero attached hydrogens (tertiary/aromatic N) is 4. The van der Waals surface area contributed by atoms with Crippen molar-refractivity contribution < 1.29 is 9.47 Å². The molecule has 3 heterocycles. The molecule has 194 valence electrons. The highest BCUT2D eigenvalue weighted by Gasteiger charge is 2.20. The fourth-order valence-electron chi connectivity index (χ4n) is 4.36. The van der Waals surface area contributed by atoms with Gasteiger partial charge in [-0.1, -0.05) is 18.2 Å². The van der Waals surface area contributed by atoms with Gasteiger partial charge in [0, 0.05) is 53.1 Å². The number of thiophene rings is 1. The summed E-state index contributed by atoms with van der Waals surface area (Å²) in [6.07, 6.45) is 2.74. The Balaban J connectivity index is 1.34. The van der Waals surface area contributed by atoms with Gasteiger partial charge >= 0.3 is 0 Å². The standard InChI is InChI=1S/C29H29N5O2S2/c1-20-25(18-30)27(21-6-3-8-23(16-21)35-2)28(38-20)26-10-11-31-29(33-26)32-22-7-4-9-24(17-22)36-14-5-12-34-13-15-37-19-34/h3-4,6-11,16-17H,5,12-15,19H2,1-2H3,(H,31,32,33). The number of hydrogen-bond acceptors (Lipinski definition) is 9. The van der Waals surface area contributed by atoms with Gasteiger partial charge in [0.15, 0.2) is 0 Å². The SMILES string of the molecule is COc1cccc(-c2c(-c3ccnc(Nc4cccc(OCCCN5CCSC5)c4)n3)sc(C)c2C#N)c1. The Labute approximate surface area is 231 Å². The molecule has 1 aliphatic rings. The van der Waals surface area contributed by atoms with Crippen LogP contribution < -0.4 is 14.8 Å². The third-order valence-electron chi connectivity index (χ3n) is 6.25. The molecule has 0 bridgehead atoms. The maximum atomic E-state index is 9.92. The van der Waals surface area contributed by atoms with Crippen molar-refractivity contribution in [1.82, 2.24) is 14.9 Å². The zero-order chi connectivity index (χ0) is 26.3. The van der Waals surface area contributed by atoms with E-state index in [2.05, 4.69) is 21.3 Å². The highest BCUT2D eigenvalue weighted by Crippen LogP contribution is 2.43. The molecular weight excluding hydrogens is 514 g/mol. The zero-order valence-corrected chi connectivity index (χ0v) is 23.1. The number of methoxy groups -OCH3 is 1. The monoisotopic (exact) mass is 543 g/mol. The van der Waals surface area contributed by atoms with Crippen molar-refractivity contribution >= 4 is 34.7 Å². The summed E-state index contributed by atoms with van der Waals surface area (Å²) in [5, 5.41) is 13.2. The predicted molar refractivity (Wildman–Crippen MR) is 156 cm³/mol. The van der Waals surface area contributed by atoms with Gasteiger partial charge in [-0.05, 0) is 49.2 Å². The van der Waals surface area contributed by atoms with E-state index in [1.54, 1.807) is 24.6 Å². The van der Waals surface area contributed by atoms with Crippen LogP contribution in [0.25, 0.3) is 21.7 Å². The summed E-state index contributed by atoms with van der Waals surface area (Å²) in [4.78, 5) is 13.6. The molecule has 5 rings (SSSR count). The van der Waals surface area contributed by atoms with E-state index in [-0.39, 0.29) is 0 Å². The number of ether oxygens (including phenoxy) is 2. The minimum absolute atomic E-state index is 0.479. The maximum absolute atomic E-state index is 9.92. The Kier molecular flexibility index (Phi) is 8.44. The molecule has 0 atom stereocenters. The Bertz CT molecular complexity index is 1440. The van der Waals surface area contributed by atoms with E-state index in [0.717, 1.165) is 62.6 Å². The normalized spacial score (nSPS) is 13.3. The third kappa shape index (κ3) is 6.10. The molecule has 4 aromatic rings. The number of benzene rings is 2. The summed E-state index contributed by atoms with van der Waals surface area (Å²) >= 11 is 3.55. The largest absolute Gasteiger partial charge is 0.497 e. The summed E-state index contributed by atoms with van der Waals surface area (Å²) in [5.41, 5.74) is 4.04. The van der Waals surface area contributed by atoms with Crippen molar-refractivity contribution in [3.63, 3.8) is 0 Å². The lowest BCUT2D eigenvalue weighted by atomic mass is 9.99. The molecule has 2 aromatic heterocycles. The smallest absolute Gasteiger partial charge is 0.227 e. The molecule has 1 fully saturated rings. The minimum atomic E-state index is 0.479. The Morgan fingerprint density at radius 3 is 2.82 bits per heavy atom. The molecule has 2 aromatic carbocycles. The number of aromatic nitrogens is 2. The van der Waals surface area contributed by atoms with E-state index < -0.39 is 0 Å². The van der Waals surface area contributed by atoms with Crippen LogP contribution in [-0.2, 0) is 0 Å². The summed E-state index contributed by atoms with van der Waals surface area (Å²) in [5.74, 6) is 4.39. The number of nitriles is 1. The minimum Gasteiger partial charge on any atom is -0.497 e. The van der Waals surface area contributed by atoms with Crippen LogP contribution in [0.15, 0.2) is 60.8 Å². The molecule has 0 amide bonds. The fraction of sp³-hybridized carbons (Fsp3) is 0.276. The van der Waals surface area contributed by atoms with E-state index in [0.29, 0.717) is 18.1 Å². The molecule has 0 saturated carbocycles. The highest BCUT2D eigenvalue weighted by atomic mass is 32.2. The molecular formula is C29H29N5O2S2. The lowest BCUT2D eigenvalue weighted by Crippen LogP contribution is -2.22. The molecule has 0 radical (unpaired) electrons. The van der Waals surface area contributed by atoms with Crippen molar-refractivity contribution in [3.05, 3.63) is 71.2 Å². The molecule has 38 heavy (non-hydrogen) atoms. The zero-order valence-electron chi connectivity index (χ0n) is 21.4. The molecule has 0 unspecified atom stereocenters. The summed E-state index contributed by atoms with van der Waals surface area (Å²) in [6, 6.07) is 19.9. The molecule has 0 spiro atoms. The second-order valence-electron chi connectivity index (χ2n) is 8.86. The van der Waals surface area contributed by atoms with Gasteiger partial charge in [-0.15, -0.1) is 23.1 Å². The van der Waals surface area contributed by atoms with E-state index in [4.69, 9.17) is 14.5 Å². The van der Waals surface area contributed by atoms with Crippen molar-refractivity contribution in [2.24, 2.45) is 0 Å². The lowest BCUT2D eigenvalue weighted by Gasteiger charge is -2.14. The first kappa shape index (κ1) is 26.0. The molecule has 0 aliphatic carbocycles. The first-order valence-electron chi connectivity index (χ1n) is 12.5. The van der Waals surface area contributed by atoms with E-state index in [1.807, 2.05) is 73.3 Å². The number of nitrogens with one attached hydrogen (secondary N) is 1. The van der Waals surface area contributed by atoms with Gasteiger partial charge in [-0.3, -0.25) is 4.90 Å². The van der Waals surface area contributed by atoms with Gasteiger partial charge in [-0.2, -0.15) is 5.26 Å². The number of hydrogen-bond donors (Lipinski definition) is 1. The molecule has 1 saturated heterocycles. The van der Waals surface area contributed by atoms with Crippen LogP contribution in [0.1, 0.15) is 16.9 Å². The van der Waals surface area contributed by atoms with Crippen molar-refractivity contribution in [2.75, 3.05) is 43.8 Å². The highest BCUT2D eigenvalue weighted by molar-refractivity contribution is 7.99. The second-order valence-corrected chi connectivity index (χ2v) is 11.2. The molecule has 7 nitrogen and oxygen atoms in total. The quantitative estimate of drug-likeness (QED) is 0.225. The van der Waals surface area contributed by atoms with Crippen LogP contribution in [0.5, 0.6) is 11.5 Å². The van der Waals surface area contributed by atoms with E-state index in [1.165, 1.54) is 12.3 Å². The van der Waals surface area contributed by atoms with Gasteiger partial charge < -0.3 is 14.8 Å². The van der Waals surface area contributed by atoms with Gasteiger partial charge in [-0.25, -0.2) is 9.97 Å². The van der Waals surface area contributed by atoms with Crippen LogP contribution in [-0.4, -0.2) is 53.3 Å². The average Bonchev–Trinajstić information content (AvgIpc) is 3.59. The summed E-state index contributed by atoms with van der Waals surface area (Å²) < 4.78 is 11.4. The Morgan fingerprint density at radius 2 is 2.00 bits per heavy atom. The Hall–Kier alpha value is -3.58. The van der Waals surface area contributed by atoms with Gasteiger partial charge in [0.1, 0.15) is 17.6 Å². The fourth-order valence-corrected chi connectivity index (χ4v) is 6.49. The number of rotatable bonds is 10. The second kappa shape index (κ2) is 12.3. The average molecular weight is 544 g/mol. The van der Waals surface area contributed by atoms with Crippen LogP contribution in [0.3, 0.4) is 0 Å².